The second-order valence-corrected chi connectivity index (χ2v) is 4.75. The molecule has 2 atom stereocenters. The number of β-amino-alcohol motifs (C(OH)–C–C–N with tert-alkyl or cyclic N) is 1. The molecule has 0 aliphatic carbocycles. The summed E-state index contributed by atoms with van der Waals surface area (Å²) in [5.74, 6) is 0. The van der Waals surface area contributed by atoms with Crippen molar-refractivity contribution in [1.82, 2.24) is 15.3 Å². The number of pyridine rings is 1. The monoisotopic (exact) mass is 304 g/mol. The number of hydrogen-bond donors (Lipinski definition) is 3. The zero-order chi connectivity index (χ0) is 12.5. The fraction of sp³-hybridized carbons (Fsp3) is 0.455. The molecule has 3 N–H and O–H groups in total. The second-order valence-electron chi connectivity index (χ2n) is 4.36. The quantitative estimate of drug-likeness (QED) is 0.728. The first-order chi connectivity index (χ1) is 8.70. The highest BCUT2D eigenvalue weighted by atomic mass is 35.5. The number of piperidine rings is 1. The van der Waals surface area contributed by atoms with Crippen LogP contribution < -0.4 is 10.6 Å². The van der Waals surface area contributed by atoms with Crippen molar-refractivity contribution < 1.29 is 9.52 Å². The van der Waals surface area contributed by atoms with E-state index in [1.54, 1.807) is 12.1 Å². The molecule has 0 bridgehead atoms. The third kappa shape index (κ3) is 3.27. The van der Waals surface area contributed by atoms with Gasteiger partial charge in [0.1, 0.15) is 5.15 Å². The van der Waals surface area contributed by atoms with Crippen molar-refractivity contribution in [2.45, 2.75) is 18.6 Å². The summed E-state index contributed by atoms with van der Waals surface area (Å²) in [6.45, 7) is 1.40. The number of hydrogen-bond acceptors (Lipinski definition) is 6. The van der Waals surface area contributed by atoms with Crippen LogP contribution >= 0.6 is 24.0 Å². The third-order valence-electron chi connectivity index (χ3n) is 2.87. The van der Waals surface area contributed by atoms with Gasteiger partial charge in [0, 0.05) is 19.1 Å². The van der Waals surface area contributed by atoms with Crippen molar-refractivity contribution in [1.29, 1.82) is 0 Å². The minimum Gasteiger partial charge on any atom is -0.422 e. The summed E-state index contributed by atoms with van der Waals surface area (Å²) in [4.78, 5) is 8.27. The standard InChI is InChI=1S/C11H13ClN4O2.ClH/c12-9-2-1-8-10(15-9)16-11(18-8)14-6-3-7(17)5-13-4-6;/h1-2,6-7,13,17H,3-5H2,(H,14,15,16);1H/t6-,7+;/m1./s1. The number of anilines is 1. The van der Waals surface area contributed by atoms with Gasteiger partial charge < -0.3 is 20.2 Å². The smallest absolute Gasteiger partial charge is 0.297 e. The van der Waals surface area contributed by atoms with Crippen LogP contribution in [-0.4, -0.2) is 40.3 Å². The van der Waals surface area contributed by atoms with E-state index in [2.05, 4.69) is 20.6 Å². The summed E-state index contributed by atoms with van der Waals surface area (Å²) >= 11 is 5.78. The summed E-state index contributed by atoms with van der Waals surface area (Å²) in [6.07, 6.45) is 0.327. The number of aromatic nitrogens is 2. The van der Waals surface area contributed by atoms with Gasteiger partial charge in [0.15, 0.2) is 5.58 Å². The summed E-state index contributed by atoms with van der Waals surface area (Å²) in [7, 11) is 0. The van der Waals surface area contributed by atoms with Gasteiger partial charge in [0.2, 0.25) is 5.65 Å². The predicted octanol–water partition coefficient (Wildman–Crippen LogP) is 1.43. The molecule has 0 radical (unpaired) electrons. The van der Waals surface area contributed by atoms with Crippen LogP contribution in [0.5, 0.6) is 0 Å². The Balaban J connectivity index is 0.00000133. The number of aliphatic hydroxyl groups is 1. The molecule has 1 aliphatic rings. The molecule has 1 saturated heterocycles. The number of rotatable bonds is 2. The SMILES string of the molecule is Cl.O[C@@H]1CNC[C@H](Nc2nc3nc(Cl)ccc3o2)C1. The van der Waals surface area contributed by atoms with Crippen molar-refractivity contribution >= 4 is 41.3 Å². The topological polar surface area (TPSA) is 83.2 Å². The fourth-order valence-corrected chi connectivity index (χ4v) is 2.20. The van der Waals surface area contributed by atoms with Crippen LogP contribution in [0.3, 0.4) is 0 Å². The first kappa shape index (κ1) is 14.3. The van der Waals surface area contributed by atoms with Gasteiger partial charge >= 0.3 is 0 Å². The summed E-state index contributed by atoms with van der Waals surface area (Å²) in [6, 6.07) is 3.89. The van der Waals surface area contributed by atoms with Crippen LogP contribution in [0.1, 0.15) is 6.42 Å². The zero-order valence-electron chi connectivity index (χ0n) is 9.97. The molecular weight excluding hydrogens is 291 g/mol. The van der Waals surface area contributed by atoms with Gasteiger partial charge in [0.05, 0.1) is 6.10 Å². The molecule has 1 aliphatic heterocycles. The number of fused-ring (bicyclic) bond motifs is 1. The van der Waals surface area contributed by atoms with Gasteiger partial charge in [-0.1, -0.05) is 11.6 Å². The number of oxazole rings is 1. The van der Waals surface area contributed by atoms with Crippen molar-refractivity contribution in [2.24, 2.45) is 0 Å². The maximum absolute atomic E-state index is 9.55. The Labute approximate surface area is 121 Å². The first-order valence-electron chi connectivity index (χ1n) is 5.79. The van der Waals surface area contributed by atoms with E-state index < -0.39 is 0 Å². The predicted molar refractivity (Wildman–Crippen MR) is 75.0 cm³/mol. The summed E-state index contributed by atoms with van der Waals surface area (Å²) in [5.41, 5.74) is 1.07. The molecule has 1 fully saturated rings. The molecule has 0 aromatic carbocycles. The van der Waals surface area contributed by atoms with E-state index in [1.807, 2.05) is 0 Å². The van der Waals surface area contributed by atoms with Gasteiger partial charge in [-0.3, -0.25) is 0 Å². The van der Waals surface area contributed by atoms with Gasteiger partial charge in [-0.15, -0.1) is 12.4 Å². The molecule has 3 heterocycles. The van der Waals surface area contributed by atoms with Crippen molar-refractivity contribution in [3.63, 3.8) is 0 Å². The van der Waals surface area contributed by atoms with Crippen molar-refractivity contribution in [2.75, 3.05) is 18.4 Å². The van der Waals surface area contributed by atoms with Crippen LogP contribution in [0.2, 0.25) is 5.15 Å². The average molecular weight is 305 g/mol. The summed E-state index contributed by atoms with van der Waals surface area (Å²) < 4.78 is 5.51. The molecular formula is C11H14Cl2N4O2. The van der Waals surface area contributed by atoms with Crippen LogP contribution in [-0.2, 0) is 0 Å². The molecule has 0 saturated carbocycles. The Hall–Kier alpha value is -1.08. The molecule has 3 rings (SSSR count). The van der Waals surface area contributed by atoms with Gasteiger partial charge in [-0.05, 0) is 18.6 Å². The summed E-state index contributed by atoms with van der Waals surface area (Å²) in [5, 5.41) is 16.2. The molecule has 0 spiro atoms. The van der Waals surface area contributed by atoms with Gasteiger partial charge in [0.25, 0.3) is 6.01 Å². The minimum atomic E-state index is -0.340. The largest absolute Gasteiger partial charge is 0.422 e. The number of halogens is 2. The lowest BCUT2D eigenvalue weighted by Crippen LogP contribution is -2.45. The highest BCUT2D eigenvalue weighted by molar-refractivity contribution is 6.29. The molecule has 8 heteroatoms. The molecule has 0 amide bonds. The van der Waals surface area contributed by atoms with E-state index in [0.29, 0.717) is 35.4 Å². The molecule has 6 nitrogen and oxygen atoms in total. The van der Waals surface area contributed by atoms with Gasteiger partial charge in [-0.2, -0.15) is 4.98 Å². The molecule has 0 unspecified atom stereocenters. The highest BCUT2D eigenvalue weighted by Gasteiger charge is 2.21. The minimum absolute atomic E-state index is 0. The van der Waals surface area contributed by atoms with Gasteiger partial charge in [-0.25, -0.2) is 4.98 Å². The Kier molecular flexibility index (Phi) is 4.46. The van der Waals surface area contributed by atoms with Crippen molar-refractivity contribution in [3.05, 3.63) is 17.3 Å². The van der Waals surface area contributed by atoms with Crippen LogP contribution in [0, 0.1) is 0 Å². The van der Waals surface area contributed by atoms with Crippen LogP contribution in [0.15, 0.2) is 16.5 Å². The molecule has 19 heavy (non-hydrogen) atoms. The average Bonchev–Trinajstić information content (AvgIpc) is 2.70. The number of nitrogens with one attached hydrogen (secondary N) is 2. The van der Waals surface area contributed by atoms with E-state index in [-0.39, 0.29) is 24.6 Å². The second kappa shape index (κ2) is 5.92. The van der Waals surface area contributed by atoms with E-state index in [1.165, 1.54) is 0 Å². The number of aliphatic hydroxyl groups excluding tert-OH is 1. The zero-order valence-corrected chi connectivity index (χ0v) is 11.5. The lowest BCUT2D eigenvalue weighted by Gasteiger charge is -2.26. The van der Waals surface area contributed by atoms with Crippen LogP contribution in [0.25, 0.3) is 11.2 Å². The van der Waals surface area contributed by atoms with E-state index in [9.17, 15) is 5.11 Å². The Bertz CT molecular complexity index is 563. The fourth-order valence-electron chi connectivity index (χ4n) is 2.06. The maximum atomic E-state index is 9.55. The van der Waals surface area contributed by atoms with Crippen LogP contribution in [0.4, 0.5) is 6.01 Å². The maximum Gasteiger partial charge on any atom is 0.297 e. The molecule has 2 aromatic heterocycles. The van der Waals surface area contributed by atoms with E-state index >= 15 is 0 Å². The lowest BCUT2D eigenvalue weighted by atomic mass is 10.1. The molecule has 104 valence electrons. The third-order valence-corrected chi connectivity index (χ3v) is 3.08. The number of nitrogens with zero attached hydrogens (tertiary/aromatic N) is 2. The molecule has 2 aromatic rings. The van der Waals surface area contributed by atoms with E-state index in [0.717, 1.165) is 6.54 Å². The highest BCUT2D eigenvalue weighted by Crippen LogP contribution is 2.20. The Morgan fingerprint density at radius 1 is 1.37 bits per heavy atom. The Morgan fingerprint density at radius 3 is 3.00 bits per heavy atom. The lowest BCUT2D eigenvalue weighted by molar-refractivity contribution is 0.136. The first-order valence-corrected chi connectivity index (χ1v) is 6.17. The normalized spacial score (nSPS) is 23.1. The van der Waals surface area contributed by atoms with E-state index in [4.69, 9.17) is 16.0 Å². The Morgan fingerprint density at radius 2 is 2.21 bits per heavy atom. The van der Waals surface area contributed by atoms with Crippen molar-refractivity contribution in [3.8, 4) is 0 Å².